The van der Waals surface area contributed by atoms with Crippen LogP contribution in [-0.4, -0.2) is 12.2 Å². The maximum atomic E-state index is 13.9. The van der Waals surface area contributed by atoms with Gasteiger partial charge in [0.15, 0.2) is 0 Å². The summed E-state index contributed by atoms with van der Waals surface area (Å²) in [7, 11) is 1.51. The van der Waals surface area contributed by atoms with E-state index in [0.717, 1.165) is 12.3 Å². The van der Waals surface area contributed by atoms with Crippen LogP contribution in [0.2, 0.25) is 0 Å². The largest absolute Gasteiger partial charge is 0.497 e. The first-order valence-electron chi connectivity index (χ1n) is 6.70. The topological polar surface area (TPSA) is 29.5 Å². The molecule has 1 aromatic rings. The van der Waals surface area contributed by atoms with E-state index in [1.54, 1.807) is 12.1 Å². The average molecular weight is 250 g/mol. The molecule has 3 rings (SSSR count). The van der Waals surface area contributed by atoms with Gasteiger partial charge in [0.25, 0.3) is 0 Å². The van der Waals surface area contributed by atoms with Crippen molar-refractivity contribution < 1.29 is 14.2 Å². The molecule has 0 saturated heterocycles. The number of methoxy groups -OCH3 is 1. The van der Waals surface area contributed by atoms with Crippen LogP contribution >= 0.6 is 0 Å². The van der Waals surface area contributed by atoms with Gasteiger partial charge in [-0.25, -0.2) is 4.39 Å². The van der Waals surface area contributed by atoms with E-state index in [0.29, 0.717) is 17.2 Å². The molecule has 2 nitrogen and oxygen atoms in total. The number of benzene rings is 1. The van der Waals surface area contributed by atoms with Crippen molar-refractivity contribution >= 4 is 0 Å². The lowest BCUT2D eigenvalue weighted by molar-refractivity contribution is 0.0714. The van der Waals surface area contributed by atoms with Gasteiger partial charge in [0.05, 0.1) is 13.2 Å². The zero-order chi connectivity index (χ0) is 12.7. The second-order valence-corrected chi connectivity index (χ2v) is 5.67. The first-order chi connectivity index (χ1) is 8.69. The summed E-state index contributed by atoms with van der Waals surface area (Å²) in [4.78, 5) is 0. The summed E-state index contributed by atoms with van der Waals surface area (Å²) in [6.07, 6.45) is 4.10. The molecular weight excluding hydrogens is 231 g/mol. The smallest absolute Gasteiger partial charge is 0.132 e. The monoisotopic (exact) mass is 250 g/mol. The van der Waals surface area contributed by atoms with Crippen LogP contribution < -0.4 is 4.74 Å². The van der Waals surface area contributed by atoms with Crippen LogP contribution in [0.1, 0.15) is 37.4 Å². The molecule has 0 radical (unpaired) electrons. The van der Waals surface area contributed by atoms with Gasteiger partial charge in [-0.2, -0.15) is 0 Å². The third kappa shape index (κ3) is 1.91. The maximum absolute atomic E-state index is 13.9. The van der Waals surface area contributed by atoms with Crippen LogP contribution in [-0.2, 0) is 0 Å². The number of ether oxygens (including phenoxy) is 1. The highest BCUT2D eigenvalue weighted by molar-refractivity contribution is 5.30. The van der Waals surface area contributed by atoms with Crippen molar-refractivity contribution in [1.29, 1.82) is 0 Å². The number of hydrogen-bond acceptors (Lipinski definition) is 2. The fourth-order valence-corrected chi connectivity index (χ4v) is 3.79. The van der Waals surface area contributed by atoms with Crippen molar-refractivity contribution in [3.8, 4) is 5.75 Å². The molecule has 2 bridgehead atoms. The number of hydrogen-bond donors (Lipinski definition) is 1. The van der Waals surface area contributed by atoms with E-state index in [2.05, 4.69) is 0 Å². The normalized spacial score (nSPS) is 31.6. The summed E-state index contributed by atoms with van der Waals surface area (Å²) in [5.74, 6) is 1.73. The molecule has 2 saturated carbocycles. The zero-order valence-electron chi connectivity index (χ0n) is 10.6. The highest BCUT2D eigenvalue weighted by Gasteiger charge is 2.43. The fourth-order valence-electron chi connectivity index (χ4n) is 3.79. The molecule has 3 heteroatoms. The second-order valence-electron chi connectivity index (χ2n) is 5.67. The van der Waals surface area contributed by atoms with Gasteiger partial charge in [-0.1, -0.05) is 6.42 Å². The Labute approximate surface area is 107 Å². The molecule has 1 aromatic carbocycles. The van der Waals surface area contributed by atoms with Crippen LogP contribution in [0.3, 0.4) is 0 Å². The highest BCUT2D eigenvalue weighted by Crippen LogP contribution is 2.52. The summed E-state index contributed by atoms with van der Waals surface area (Å²) in [6.45, 7) is 0. The Morgan fingerprint density at radius 3 is 2.72 bits per heavy atom. The van der Waals surface area contributed by atoms with Crippen molar-refractivity contribution in [2.45, 2.75) is 31.8 Å². The van der Waals surface area contributed by atoms with Crippen molar-refractivity contribution in [2.24, 2.45) is 17.8 Å². The predicted octanol–water partition coefficient (Wildman–Crippen LogP) is 3.30. The Hall–Kier alpha value is -1.09. The Bertz CT molecular complexity index is 446. The number of fused-ring (bicyclic) bond motifs is 2. The van der Waals surface area contributed by atoms with E-state index < -0.39 is 6.10 Å². The summed E-state index contributed by atoms with van der Waals surface area (Å²) in [5.41, 5.74) is 0.424. The number of aliphatic hydroxyl groups is 1. The molecule has 2 aliphatic carbocycles. The summed E-state index contributed by atoms with van der Waals surface area (Å²) in [5, 5.41) is 10.4. The minimum absolute atomic E-state index is 0.242. The zero-order valence-corrected chi connectivity index (χ0v) is 10.6. The Balaban J connectivity index is 1.82. The van der Waals surface area contributed by atoms with Gasteiger partial charge >= 0.3 is 0 Å². The number of rotatable bonds is 3. The minimum atomic E-state index is -0.661. The Morgan fingerprint density at radius 2 is 2.17 bits per heavy atom. The van der Waals surface area contributed by atoms with Crippen molar-refractivity contribution in [3.63, 3.8) is 0 Å². The lowest BCUT2D eigenvalue weighted by Gasteiger charge is -2.27. The van der Waals surface area contributed by atoms with E-state index >= 15 is 0 Å². The van der Waals surface area contributed by atoms with E-state index in [1.165, 1.54) is 32.4 Å². The second kappa shape index (κ2) is 4.54. The standard InChI is InChI=1S/C15H19FO2/c1-18-11-4-5-12(14(16)8-11)15(17)13-7-9-2-3-10(13)6-9/h4-5,8-10,13,15,17H,2-3,6-7H2,1H3. The van der Waals surface area contributed by atoms with E-state index in [4.69, 9.17) is 4.74 Å². The van der Waals surface area contributed by atoms with Gasteiger partial charge in [0.1, 0.15) is 11.6 Å². The van der Waals surface area contributed by atoms with Crippen LogP contribution in [0.15, 0.2) is 18.2 Å². The van der Waals surface area contributed by atoms with Crippen LogP contribution in [0, 0.1) is 23.6 Å². The molecular formula is C15H19FO2. The van der Waals surface area contributed by atoms with E-state index in [-0.39, 0.29) is 11.7 Å². The van der Waals surface area contributed by atoms with Crippen LogP contribution in [0.25, 0.3) is 0 Å². The van der Waals surface area contributed by atoms with Gasteiger partial charge in [0, 0.05) is 11.6 Å². The van der Waals surface area contributed by atoms with Gasteiger partial charge in [0.2, 0.25) is 0 Å². The number of halogens is 1. The maximum Gasteiger partial charge on any atom is 0.132 e. The van der Waals surface area contributed by atoms with E-state index in [1.807, 2.05) is 0 Å². The van der Waals surface area contributed by atoms with Crippen molar-refractivity contribution in [1.82, 2.24) is 0 Å². The predicted molar refractivity (Wildman–Crippen MR) is 66.8 cm³/mol. The quantitative estimate of drug-likeness (QED) is 0.891. The van der Waals surface area contributed by atoms with Crippen LogP contribution in [0.5, 0.6) is 5.75 Å². The van der Waals surface area contributed by atoms with Crippen LogP contribution in [0.4, 0.5) is 4.39 Å². The third-order valence-corrected chi connectivity index (χ3v) is 4.72. The summed E-state index contributed by atoms with van der Waals surface area (Å²) in [6, 6.07) is 4.73. The molecule has 1 N–H and O–H groups in total. The molecule has 4 unspecified atom stereocenters. The van der Waals surface area contributed by atoms with Gasteiger partial charge in [-0.3, -0.25) is 0 Å². The summed E-state index contributed by atoms with van der Waals surface area (Å²) < 4.78 is 18.9. The van der Waals surface area contributed by atoms with Gasteiger partial charge in [-0.05, 0) is 49.1 Å². The molecule has 18 heavy (non-hydrogen) atoms. The molecule has 0 heterocycles. The summed E-state index contributed by atoms with van der Waals surface area (Å²) >= 11 is 0. The van der Waals surface area contributed by atoms with E-state index in [9.17, 15) is 9.50 Å². The van der Waals surface area contributed by atoms with Gasteiger partial charge < -0.3 is 9.84 Å². The molecule has 98 valence electrons. The Morgan fingerprint density at radius 1 is 1.33 bits per heavy atom. The van der Waals surface area contributed by atoms with Gasteiger partial charge in [-0.15, -0.1) is 0 Å². The highest BCUT2D eigenvalue weighted by atomic mass is 19.1. The number of aliphatic hydroxyl groups excluding tert-OH is 1. The lowest BCUT2D eigenvalue weighted by atomic mass is 9.82. The first kappa shape index (κ1) is 12.0. The molecule has 0 amide bonds. The Kier molecular flexibility index (Phi) is 3.02. The minimum Gasteiger partial charge on any atom is -0.497 e. The fraction of sp³-hybridized carbons (Fsp3) is 0.600. The van der Waals surface area contributed by atoms with Crippen molar-refractivity contribution in [2.75, 3.05) is 7.11 Å². The molecule has 0 aromatic heterocycles. The SMILES string of the molecule is COc1ccc(C(O)C2CC3CCC2C3)c(F)c1. The first-order valence-corrected chi connectivity index (χ1v) is 6.70. The average Bonchev–Trinajstić information content (AvgIpc) is 3.00. The third-order valence-electron chi connectivity index (χ3n) is 4.72. The molecule has 2 fully saturated rings. The van der Waals surface area contributed by atoms with Crippen molar-refractivity contribution in [3.05, 3.63) is 29.6 Å². The molecule has 0 aliphatic heterocycles. The lowest BCUT2D eigenvalue weighted by Crippen LogP contribution is -2.20. The molecule has 2 aliphatic rings. The molecule has 4 atom stereocenters. The molecule has 0 spiro atoms.